The number of hydrogen-bond acceptors (Lipinski definition) is 3. The summed E-state index contributed by atoms with van der Waals surface area (Å²) in [7, 11) is 2.00. The summed E-state index contributed by atoms with van der Waals surface area (Å²) < 4.78 is 1.90. The van der Waals surface area contributed by atoms with Crippen LogP contribution in [0.1, 0.15) is 37.7 Å². The van der Waals surface area contributed by atoms with Gasteiger partial charge in [0.1, 0.15) is 0 Å². The Morgan fingerprint density at radius 2 is 2.26 bits per heavy atom. The van der Waals surface area contributed by atoms with Crippen molar-refractivity contribution in [2.45, 2.75) is 50.6 Å². The highest BCUT2D eigenvalue weighted by Gasteiger charge is 2.31. The fourth-order valence-electron chi connectivity index (χ4n) is 3.66. The molecule has 2 aliphatic rings. The Labute approximate surface area is 116 Å². The minimum absolute atomic E-state index is 0.745. The highest BCUT2D eigenvalue weighted by molar-refractivity contribution is 5.04. The van der Waals surface area contributed by atoms with Crippen LogP contribution >= 0.6 is 0 Å². The maximum atomic E-state index is 4.26. The van der Waals surface area contributed by atoms with E-state index >= 15 is 0 Å². The second-order valence-electron chi connectivity index (χ2n) is 6.07. The minimum Gasteiger partial charge on any atom is -0.312 e. The summed E-state index contributed by atoms with van der Waals surface area (Å²) in [5, 5.41) is 7.96. The topological polar surface area (TPSA) is 33.1 Å². The Morgan fingerprint density at radius 3 is 3.00 bits per heavy atom. The summed E-state index contributed by atoms with van der Waals surface area (Å²) in [5.74, 6) is 0. The van der Waals surface area contributed by atoms with Crippen molar-refractivity contribution in [1.82, 2.24) is 20.0 Å². The van der Waals surface area contributed by atoms with Gasteiger partial charge in [0, 0.05) is 31.9 Å². The zero-order chi connectivity index (χ0) is 13.1. The molecule has 2 unspecified atom stereocenters. The molecule has 0 bridgehead atoms. The monoisotopic (exact) mass is 262 g/mol. The Hall–Kier alpha value is -0.870. The van der Waals surface area contributed by atoms with Gasteiger partial charge in [-0.3, -0.25) is 9.58 Å². The summed E-state index contributed by atoms with van der Waals surface area (Å²) in [5.41, 5.74) is 1.37. The second-order valence-corrected chi connectivity index (χ2v) is 6.07. The molecule has 2 saturated heterocycles. The first-order valence-corrected chi connectivity index (χ1v) is 7.78. The lowest BCUT2D eigenvalue weighted by molar-refractivity contribution is 0.121. The van der Waals surface area contributed by atoms with Gasteiger partial charge in [-0.1, -0.05) is 6.42 Å². The fraction of sp³-hybridized carbons (Fsp3) is 0.800. The van der Waals surface area contributed by atoms with Crippen LogP contribution in [0.5, 0.6) is 0 Å². The van der Waals surface area contributed by atoms with Crippen molar-refractivity contribution in [3.05, 3.63) is 18.0 Å². The molecular weight excluding hydrogens is 236 g/mol. The van der Waals surface area contributed by atoms with Gasteiger partial charge in [-0.15, -0.1) is 0 Å². The minimum atomic E-state index is 0.745. The zero-order valence-electron chi connectivity index (χ0n) is 12.0. The van der Waals surface area contributed by atoms with E-state index in [0.717, 1.165) is 18.5 Å². The van der Waals surface area contributed by atoms with Crippen molar-refractivity contribution in [3.8, 4) is 0 Å². The average molecular weight is 262 g/mol. The van der Waals surface area contributed by atoms with Gasteiger partial charge in [-0.25, -0.2) is 0 Å². The molecule has 0 aromatic carbocycles. The third-order valence-electron chi connectivity index (χ3n) is 4.67. The number of aryl methyl sites for hydroxylation is 1. The van der Waals surface area contributed by atoms with Crippen LogP contribution < -0.4 is 5.32 Å². The second kappa shape index (κ2) is 6.06. The molecule has 2 aliphatic heterocycles. The number of rotatable bonds is 4. The van der Waals surface area contributed by atoms with E-state index in [2.05, 4.69) is 21.5 Å². The summed E-state index contributed by atoms with van der Waals surface area (Å²) in [6.45, 7) is 3.69. The van der Waals surface area contributed by atoms with Crippen molar-refractivity contribution < 1.29 is 0 Å². The molecule has 3 rings (SSSR count). The molecule has 1 aromatic rings. The Kier molecular flexibility index (Phi) is 4.18. The van der Waals surface area contributed by atoms with Gasteiger partial charge in [0.2, 0.25) is 0 Å². The lowest BCUT2D eigenvalue weighted by Gasteiger charge is -2.39. The number of likely N-dealkylation sites (tertiary alicyclic amines) is 1. The first-order chi connectivity index (χ1) is 9.33. The maximum absolute atomic E-state index is 4.26. The molecule has 1 N–H and O–H groups in total. The smallest absolute Gasteiger partial charge is 0.0522 e. The van der Waals surface area contributed by atoms with Crippen molar-refractivity contribution in [2.24, 2.45) is 7.05 Å². The summed E-state index contributed by atoms with van der Waals surface area (Å²) in [4.78, 5) is 2.72. The van der Waals surface area contributed by atoms with Crippen LogP contribution in [0.3, 0.4) is 0 Å². The first kappa shape index (κ1) is 13.1. The van der Waals surface area contributed by atoms with Gasteiger partial charge >= 0.3 is 0 Å². The summed E-state index contributed by atoms with van der Waals surface area (Å²) in [6.07, 6.45) is 12.2. The van der Waals surface area contributed by atoms with E-state index in [1.54, 1.807) is 0 Å². The molecule has 4 nitrogen and oxygen atoms in total. The van der Waals surface area contributed by atoms with E-state index in [9.17, 15) is 0 Å². The normalized spacial score (nSPS) is 28.9. The quantitative estimate of drug-likeness (QED) is 0.894. The molecule has 0 spiro atoms. The Bertz CT molecular complexity index is 395. The number of aromatic nitrogens is 2. The van der Waals surface area contributed by atoms with Crippen LogP contribution in [-0.4, -0.2) is 46.4 Å². The summed E-state index contributed by atoms with van der Waals surface area (Å²) >= 11 is 0. The average Bonchev–Trinajstić information content (AvgIpc) is 3.08. The van der Waals surface area contributed by atoms with E-state index in [1.165, 1.54) is 57.3 Å². The molecular formula is C15H26N4. The van der Waals surface area contributed by atoms with Gasteiger partial charge < -0.3 is 5.32 Å². The standard InChI is InChI=1S/C15H26N4/c1-18-12-13(11-17-18)7-10-19-9-3-2-6-15(19)14-5-4-8-16-14/h11-12,14-16H,2-10H2,1H3. The highest BCUT2D eigenvalue weighted by Crippen LogP contribution is 2.24. The Balaban J connectivity index is 1.57. The van der Waals surface area contributed by atoms with Crippen LogP contribution in [0.4, 0.5) is 0 Å². The molecule has 0 aliphatic carbocycles. The van der Waals surface area contributed by atoms with Gasteiger partial charge in [-0.05, 0) is 50.8 Å². The zero-order valence-corrected chi connectivity index (χ0v) is 12.0. The van der Waals surface area contributed by atoms with E-state index in [4.69, 9.17) is 0 Å². The molecule has 0 amide bonds. The van der Waals surface area contributed by atoms with Gasteiger partial charge in [0.15, 0.2) is 0 Å². The van der Waals surface area contributed by atoms with Crippen LogP contribution in [0.2, 0.25) is 0 Å². The maximum Gasteiger partial charge on any atom is 0.0522 e. The first-order valence-electron chi connectivity index (χ1n) is 7.78. The largest absolute Gasteiger partial charge is 0.312 e. The number of piperidine rings is 1. The van der Waals surface area contributed by atoms with Crippen LogP contribution in [-0.2, 0) is 13.5 Å². The van der Waals surface area contributed by atoms with Gasteiger partial charge in [0.05, 0.1) is 6.20 Å². The highest BCUT2D eigenvalue weighted by atomic mass is 15.2. The predicted octanol–water partition coefficient (Wildman–Crippen LogP) is 1.57. The number of hydrogen-bond donors (Lipinski definition) is 1. The molecule has 2 atom stereocenters. The molecule has 19 heavy (non-hydrogen) atoms. The van der Waals surface area contributed by atoms with Crippen molar-refractivity contribution in [3.63, 3.8) is 0 Å². The van der Waals surface area contributed by atoms with Crippen molar-refractivity contribution in [1.29, 1.82) is 0 Å². The van der Waals surface area contributed by atoms with Gasteiger partial charge in [0.25, 0.3) is 0 Å². The molecule has 0 saturated carbocycles. The van der Waals surface area contributed by atoms with Crippen LogP contribution in [0.25, 0.3) is 0 Å². The SMILES string of the molecule is Cn1cc(CCN2CCCCC2C2CCCN2)cn1. The van der Waals surface area contributed by atoms with Crippen molar-refractivity contribution in [2.75, 3.05) is 19.6 Å². The molecule has 1 aromatic heterocycles. The number of nitrogens with zero attached hydrogens (tertiary/aromatic N) is 3. The van der Waals surface area contributed by atoms with Crippen LogP contribution in [0.15, 0.2) is 12.4 Å². The van der Waals surface area contributed by atoms with E-state index in [-0.39, 0.29) is 0 Å². The molecule has 2 fully saturated rings. The van der Waals surface area contributed by atoms with Crippen molar-refractivity contribution >= 4 is 0 Å². The Morgan fingerprint density at radius 1 is 1.32 bits per heavy atom. The fourth-order valence-corrected chi connectivity index (χ4v) is 3.66. The molecule has 3 heterocycles. The molecule has 0 radical (unpaired) electrons. The molecule has 106 valence electrons. The number of nitrogens with one attached hydrogen (secondary N) is 1. The molecule has 4 heteroatoms. The van der Waals surface area contributed by atoms with E-state index in [0.29, 0.717) is 0 Å². The van der Waals surface area contributed by atoms with E-state index < -0.39 is 0 Å². The third kappa shape index (κ3) is 3.18. The van der Waals surface area contributed by atoms with E-state index in [1.807, 2.05) is 17.9 Å². The van der Waals surface area contributed by atoms with Crippen LogP contribution in [0, 0.1) is 0 Å². The summed E-state index contributed by atoms with van der Waals surface area (Å²) in [6, 6.07) is 1.52. The third-order valence-corrected chi connectivity index (χ3v) is 4.67. The predicted molar refractivity (Wildman–Crippen MR) is 77.1 cm³/mol. The van der Waals surface area contributed by atoms with Gasteiger partial charge in [-0.2, -0.15) is 5.10 Å². The lowest BCUT2D eigenvalue weighted by Crippen LogP contribution is -2.50. The lowest BCUT2D eigenvalue weighted by atomic mass is 9.94.